The Bertz CT molecular complexity index is 3170. The van der Waals surface area contributed by atoms with Gasteiger partial charge in [-0.1, -0.05) is 172 Å². The van der Waals surface area contributed by atoms with Crippen molar-refractivity contribution in [2.24, 2.45) is 143 Å². The normalized spacial score (nSPS) is 43.9. The smallest absolute Gasteiger partial charge is 0.307 e. The predicted octanol–water partition coefficient (Wildman–Crippen LogP) is 13.5. The maximum absolute atomic E-state index is 13.4. The lowest BCUT2D eigenvalue weighted by Gasteiger charge is -2.71. The molecule has 20 nitrogen and oxygen atoms in total. The third kappa shape index (κ3) is 11.5. The molecular formula is C76H132N12O8. The van der Waals surface area contributed by atoms with Gasteiger partial charge in [-0.3, -0.25) is 9.59 Å². The van der Waals surface area contributed by atoms with Gasteiger partial charge in [0.25, 0.3) is 5.95 Å². The van der Waals surface area contributed by atoms with E-state index in [1.807, 2.05) is 0 Å². The van der Waals surface area contributed by atoms with E-state index in [-0.39, 0.29) is 109 Å². The van der Waals surface area contributed by atoms with Gasteiger partial charge in [0, 0.05) is 32.7 Å². The Kier molecular flexibility index (Phi) is 20.7. The molecule has 4 bridgehead atoms. The number of hydrogen-bond donors (Lipinski definition) is 7. The summed E-state index contributed by atoms with van der Waals surface area (Å²) in [5.74, 6) is 2.56. The lowest BCUT2D eigenvalue weighted by molar-refractivity contribution is -0.253. The standard InChI is InChI=1S/C37H62N6O4.C37H63NO4.CH3N5.CH4/c1-21(2)23(5)32(6)15-16-34(8)24-11-12-27-33(7)18-46-20-37(27,25(24)13-14-35(34,9)28(32)30(44)45)17-26(43-31(38)40-41-42-43)29(33)47-19-36(10,39)22(3)4;1-22(2)25(6)32(7)16-17-34(9)26-12-13-28-33(8)19-41-21-37(28,27(26)14-15-35(34,10)29(32)31(39)40)18-24(5)30(33)42-20-36(11,38)23(3)4;2-1-3-5-6-4-1;/h13,21-24,26-29H,11-12,14-20,39H2,1-10H3,(H,44,45)(H2,38,40,42);14,22-26,28-30H,12-13,15-21,38H2,1-11H3,(H,39,40);(H3,2,3,4,5,6);1H4/t23-,24+,26-,27+,28-,29+,32-,33-,34-,35+,36+,37+;24-,25-,26+,28+,29-,30+,32-,33-,34-,35+,36+,37+;;/m11../s1. The molecule has 20 heteroatoms. The first-order valence-corrected chi connectivity index (χ1v) is 36.9. The van der Waals surface area contributed by atoms with E-state index < -0.39 is 23.4 Å². The highest BCUT2D eigenvalue weighted by Gasteiger charge is 2.74. The third-order valence-electron chi connectivity index (χ3n) is 31.4. The number of nitrogens with zero attached hydrogens (tertiary/aromatic N) is 7. The van der Waals surface area contributed by atoms with E-state index in [4.69, 9.17) is 41.9 Å². The molecule has 544 valence electrons. The summed E-state index contributed by atoms with van der Waals surface area (Å²) >= 11 is 0. The lowest BCUT2D eigenvalue weighted by atomic mass is 9.34. The number of aliphatic carboxylic acids is 2. The first-order chi connectivity index (χ1) is 44.0. The highest BCUT2D eigenvalue weighted by atomic mass is 16.5. The number of carboxylic acids is 2. The van der Waals surface area contributed by atoms with Crippen LogP contribution in [-0.2, 0) is 28.5 Å². The Balaban J connectivity index is 0.000000206. The fourth-order valence-corrected chi connectivity index (χ4v) is 24.0. The largest absolute Gasteiger partial charge is 0.481 e. The number of nitrogens with two attached hydrogens (primary N) is 4. The molecule has 96 heavy (non-hydrogen) atoms. The first kappa shape index (κ1) is 76.1. The summed E-state index contributed by atoms with van der Waals surface area (Å²) in [5.41, 5.74) is 25.2. The summed E-state index contributed by atoms with van der Waals surface area (Å²) in [6.07, 6.45) is 16.8. The number of aromatic nitrogens is 8. The third-order valence-corrected chi connectivity index (χ3v) is 31.4. The molecule has 11 N–H and O–H groups in total. The second-order valence-electron chi connectivity index (χ2n) is 37.2. The van der Waals surface area contributed by atoms with Gasteiger partial charge in [0.1, 0.15) is 0 Å². The average molecular weight is 1340 g/mol. The Morgan fingerprint density at radius 3 is 1.43 bits per heavy atom. The number of allylic oxidation sites excluding steroid dienone is 2. The van der Waals surface area contributed by atoms with E-state index in [0.717, 1.165) is 83.8 Å². The number of carboxylic acid groups (broad SMARTS) is 2. The van der Waals surface area contributed by atoms with Crippen LogP contribution in [0.1, 0.15) is 236 Å². The molecule has 0 spiro atoms. The Morgan fingerprint density at radius 2 is 1.06 bits per heavy atom. The molecule has 2 aliphatic heterocycles. The fraction of sp³-hybridized carbons (Fsp3) is 0.895. The van der Waals surface area contributed by atoms with Crippen molar-refractivity contribution in [2.45, 2.75) is 259 Å². The molecule has 0 aromatic carbocycles. The van der Waals surface area contributed by atoms with Crippen molar-refractivity contribution in [1.29, 1.82) is 0 Å². The number of aromatic amines is 1. The van der Waals surface area contributed by atoms with Crippen LogP contribution in [0.5, 0.6) is 0 Å². The molecule has 0 amide bonds. The highest BCUT2D eigenvalue weighted by molar-refractivity contribution is 5.74. The zero-order valence-corrected chi connectivity index (χ0v) is 62.4. The Morgan fingerprint density at radius 1 is 0.635 bits per heavy atom. The van der Waals surface area contributed by atoms with Gasteiger partial charge in [0.15, 0.2) is 0 Å². The van der Waals surface area contributed by atoms with Crippen LogP contribution in [0.4, 0.5) is 11.9 Å². The topological polar surface area (TPSA) is 314 Å². The minimum atomic E-state index is -0.633. The minimum absolute atomic E-state index is 0. The van der Waals surface area contributed by atoms with Crippen molar-refractivity contribution in [2.75, 3.05) is 51.1 Å². The minimum Gasteiger partial charge on any atom is -0.481 e. The Labute approximate surface area is 577 Å². The molecule has 12 rings (SSSR count). The molecule has 6 saturated carbocycles. The van der Waals surface area contributed by atoms with Crippen molar-refractivity contribution >= 4 is 23.8 Å². The van der Waals surface area contributed by atoms with Crippen LogP contribution in [0.3, 0.4) is 0 Å². The number of nitrogens with one attached hydrogen (secondary N) is 1. The number of anilines is 2. The molecule has 8 aliphatic carbocycles. The van der Waals surface area contributed by atoms with Crippen LogP contribution in [0.15, 0.2) is 23.3 Å². The summed E-state index contributed by atoms with van der Waals surface area (Å²) in [6, 6.07) is -0.188. The first-order valence-electron chi connectivity index (χ1n) is 36.9. The van der Waals surface area contributed by atoms with Crippen LogP contribution >= 0.6 is 0 Å². The number of tetrazole rings is 2. The molecule has 10 aliphatic rings. The van der Waals surface area contributed by atoms with E-state index >= 15 is 0 Å². The van der Waals surface area contributed by atoms with Gasteiger partial charge in [-0.2, -0.15) is 5.21 Å². The van der Waals surface area contributed by atoms with Crippen LogP contribution in [-0.4, -0.2) is 126 Å². The van der Waals surface area contributed by atoms with E-state index in [9.17, 15) is 19.8 Å². The molecule has 2 aromatic heterocycles. The van der Waals surface area contributed by atoms with E-state index in [2.05, 4.69) is 194 Å². The van der Waals surface area contributed by atoms with Crippen LogP contribution < -0.4 is 22.9 Å². The number of carbonyl (C=O) groups is 2. The summed E-state index contributed by atoms with van der Waals surface area (Å²) < 4.78 is 28.8. The van der Waals surface area contributed by atoms with E-state index in [0.29, 0.717) is 85.6 Å². The Hall–Kier alpha value is -4.08. The fourth-order valence-electron chi connectivity index (χ4n) is 24.0. The summed E-state index contributed by atoms with van der Waals surface area (Å²) in [5, 5.41) is 46.5. The molecule has 2 saturated heterocycles. The van der Waals surface area contributed by atoms with Gasteiger partial charge in [-0.05, 0) is 204 Å². The van der Waals surface area contributed by atoms with Crippen LogP contribution in [0.2, 0.25) is 0 Å². The average Bonchev–Trinajstić information content (AvgIpc) is 0.690. The number of fused-ring (bicyclic) bond motifs is 6. The second-order valence-corrected chi connectivity index (χ2v) is 37.2. The van der Waals surface area contributed by atoms with Gasteiger partial charge < -0.3 is 52.1 Å². The number of hydrogen-bond acceptors (Lipinski definition) is 16. The highest BCUT2D eigenvalue weighted by Crippen LogP contribution is 2.78. The van der Waals surface area contributed by atoms with Crippen LogP contribution in [0.25, 0.3) is 0 Å². The maximum Gasteiger partial charge on any atom is 0.307 e. The van der Waals surface area contributed by atoms with Crippen molar-refractivity contribution in [3.63, 3.8) is 0 Å². The van der Waals surface area contributed by atoms with Gasteiger partial charge in [-0.15, -0.1) is 5.10 Å². The monoisotopic (exact) mass is 1340 g/mol. The molecule has 2 aromatic rings. The molecule has 0 radical (unpaired) electrons. The number of rotatable bonds is 15. The van der Waals surface area contributed by atoms with Crippen molar-refractivity contribution in [3.8, 4) is 0 Å². The predicted molar refractivity (Wildman–Crippen MR) is 377 cm³/mol. The van der Waals surface area contributed by atoms with Crippen molar-refractivity contribution < 1.29 is 38.7 Å². The van der Waals surface area contributed by atoms with Crippen molar-refractivity contribution in [1.82, 2.24) is 40.8 Å². The van der Waals surface area contributed by atoms with Gasteiger partial charge in [0.05, 0.1) is 69.7 Å². The number of H-pyrrole nitrogens is 1. The van der Waals surface area contributed by atoms with Crippen molar-refractivity contribution in [3.05, 3.63) is 23.3 Å². The lowest BCUT2D eigenvalue weighted by Crippen LogP contribution is -2.69. The summed E-state index contributed by atoms with van der Waals surface area (Å²) in [7, 11) is 0. The number of ether oxygens (including phenoxy) is 4. The molecule has 8 fully saturated rings. The summed E-state index contributed by atoms with van der Waals surface area (Å²) in [6.45, 7) is 51.5. The zero-order valence-electron chi connectivity index (χ0n) is 62.4. The molecule has 4 heterocycles. The SMILES string of the molecule is C.CC(C)[C@@H](C)[C@@]1(C)CC[C@]2(C)[C@H]3CC[C@@H]4[C@@]5(COC[C@@]4(C)[C@@H](OC[C@](C)(N)C(C)C)[C@H](C)C5)C3=CC[C@@]2(C)[C@@H]1C(=O)O.CC(C)[C@@H](C)[C@@]1(C)CC[C@]2(C)[C@H]3CC[C@@H]4[C@@]5(COC[C@@]4(C)[C@@H](OC[C@](C)(N)C(C)C)[C@H](n4nnnc4N)C5)C3=CC[C@@]2(C)[C@@H]1C(=O)O.Nc1nn[nH]n1. The van der Waals surface area contributed by atoms with E-state index in [1.165, 1.54) is 12.0 Å². The van der Waals surface area contributed by atoms with Gasteiger partial charge in [0.2, 0.25) is 5.95 Å². The van der Waals surface area contributed by atoms with E-state index in [1.54, 1.807) is 10.3 Å². The van der Waals surface area contributed by atoms with Gasteiger partial charge >= 0.3 is 11.9 Å². The van der Waals surface area contributed by atoms with Crippen LogP contribution in [0, 0.1) is 131 Å². The van der Waals surface area contributed by atoms with Gasteiger partial charge in [-0.25, -0.2) is 4.68 Å². The quantitative estimate of drug-likeness (QED) is 0.0815. The molecular weight excluding hydrogens is 1210 g/mol. The zero-order chi connectivity index (χ0) is 70.2. The summed E-state index contributed by atoms with van der Waals surface area (Å²) in [4.78, 5) is 26.7. The number of nitrogen functional groups attached to an aromatic ring is 2. The maximum atomic E-state index is 13.4. The molecule has 0 unspecified atom stereocenters. The second kappa shape index (κ2) is 26.1. The molecule has 24 atom stereocenters.